The molecule has 0 heterocycles. The van der Waals surface area contributed by atoms with Gasteiger partial charge in [0.1, 0.15) is 0 Å². The molecule has 5 heteroatoms. The van der Waals surface area contributed by atoms with Crippen LogP contribution < -0.4 is 20.5 Å². The van der Waals surface area contributed by atoms with Crippen molar-refractivity contribution in [3.8, 4) is 11.5 Å². The molecule has 0 amide bonds. The zero-order chi connectivity index (χ0) is 16.7. The molecule has 1 aromatic rings. The van der Waals surface area contributed by atoms with E-state index in [9.17, 15) is 0 Å². The third-order valence-corrected chi connectivity index (χ3v) is 4.61. The minimum atomic E-state index is 0.343. The van der Waals surface area contributed by atoms with Gasteiger partial charge in [0.25, 0.3) is 0 Å². The number of aliphatic imine (C=N–C) groups is 1. The number of nitrogens with two attached hydrogens (primary N) is 1. The van der Waals surface area contributed by atoms with Gasteiger partial charge >= 0.3 is 0 Å². The highest BCUT2D eigenvalue weighted by atomic mass is 16.5. The zero-order valence-electron chi connectivity index (χ0n) is 14.5. The molecule has 1 aliphatic rings. The molecule has 1 aliphatic carbocycles. The highest BCUT2D eigenvalue weighted by Gasteiger charge is 2.28. The summed E-state index contributed by atoms with van der Waals surface area (Å²) in [7, 11) is 3.29. The molecule has 0 saturated heterocycles. The van der Waals surface area contributed by atoms with E-state index in [1.807, 2.05) is 18.2 Å². The van der Waals surface area contributed by atoms with E-state index >= 15 is 0 Å². The molecule has 2 rings (SSSR count). The van der Waals surface area contributed by atoms with Crippen molar-refractivity contribution in [2.24, 2.45) is 16.1 Å². The summed E-state index contributed by atoms with van der Waals surface area (Å²) in [5.41, 5.74) is 7.49. The van der Waals surface area contributed by atoms with E-state index in [1.165, 1.54) is 31.2 Å². The number of benzene rings is 1. The van der Waals surface area contributed by atoms with Crippen LogP contribution in [0.4, 0.5) is 0 Å². The highest BCUT2D eigenvalue weighted by Crippen LogP contribution is 2.37. The van der Waals surface area contributed by atoms with Gasteiger partial charge in [0, 0.05) is 13.1 Å². The first kappa shape index (κ1) is 17.4. The van der Waals surface area contributed by atoms with Gasteiger partial charge < -0.3 is 20.5 Å². The summed E-state index contributed by atoms with van der Waals surface area (Å²) in [6.45, 7) is 3.88. The third-order valence-electron chi connectivity index (χ3n) is 4.61. The van der Waals surface area contributed by atoms with E-state index < -0.39 is 0 Å². The van der Waals surface area contributed by atoms with Gasteiger partial charge in [-0.15, -0.1) is 0 Å². The van der Waals surface area contributed by atoms with E-state index in [-0.39, 0.29) is 0 Å². The van der Waals surface area contributed by atoms with Gasteiger partial charge in [0.05, 0.1) is 14.2 Å². The van der Waals surface area contributed by atoms with Crippen LogP contribution in [0.5, 0.6) is 11.5 Å². The molecule has 5 nitrogen and oxygen atoms in total. The number of rotatable bonds is 7. The fourth-order valence-corrected chi connectivity index (χ4v) is 3.09. The Kier molecular flexibility index (Phi) is 6.13. The Hall–Kier alpha value is -1.91. The van der Waals surface area contributed by atoms with Crippen molar-refractivity contribution < 1.29 is 9.47 Å². The minimum absolute atomic E-state index is 0.343. The summed E-state index contributed by atoms with van der Waals surface area (Å²) in [5, 5.41) is 3.19. The van der Waals surface area contributed by atoms with Crippen LogP contribution in [-0.4, -0.2) is 33.3 Å². The number of hydrogen-bond acceptors (Lipinski definition) is 3. The number of hydrogen-bond donors (Lipinski definition) is 2. The van der Waals surface area contributed by atoms with Gasteiger partial charge in [-0.25, -0.2) is 0 Å². The van der Waals surface area contributed by atoms with Crippen LogP contribution >= 0.6 is 0 Å². The zero-order valence-corrected chi connectivity index (χ0v) is 14.5. The molecule has 0 atom stereocenters. The minimum Gasteiger partial charge on any atom is -0.493 e. The van der Waals surface area contributed by atoms with Gasteiger partial charge in [-0.1, -0.05) is 25.8 Å². The maximum atomic E-state index is 5.97. The van der Waals surface area contributed by atoms with Gasteiger partial charge in [-0.05, 0) is 42.4 Å². The van der Waals surface area contributed by atoms with Crippen LogP contribution in [0, 0.1) is 5.41 Å². The molecule has 0 aromatic heterocycles. The fraction of sp³-hybridized carbons (Fsp3) is 0.611. The molecule has 0 radical (unpaired) electrons. The lowest BCUT2D eigenvalue weighted by atomic mass is 9.89. The van der Waals surface area contributed by atoms with Crippen molar-refractivity contribution in [2.75, 3.05) is 27.3 Å². The third kappa shape index (κ3) is 5.05. The lowest BCUT2D eigenvalue weighted by molar-refractivity contribution is 0.351. The Labute approximate surface area is 139 Å². The predicted octanol–water partition coefficient (Wildman–Crippen LogP) is 2.73. The Balaban J connectivity index is 1.80. The molecular weight excluding hydrogens is 290 g/mol. The Morgan fingerprint density at radius 2 is 1.91 bits per heavy atom. The van der Waals surface area contributed by atoms with Gasteiger partial charge in [-0.3, -0.25) is 4.99 Å². The number of nitrogens with zero attached hydrogens (tertiary/aromatic N) is 1. The van der Waals surface area contributed by atoms with Crippen LogP contribution in [0.3, 0.4) is 0 Å². The second kappa shape index (κ2) is 8.09. The average Bonchev–Trinajstić information content (AvgIpc) is 3.00. The fourth-order valence-electron chi connectivity index (χ4n) is 3.09. The van der Waals surface area contributed by atoms with E-state index in [4.69, 9.17) is 15.2 Å². The van der Waals surface area contributed by atoms with Crippen LogP contribution in [0.25, 0.3) is 0 Å². The molecule has 128 valence electrons. The molecular formula is C18H29N3O2. The van der Waals surface area contributed by atoms with Crippen LogP contribution in [0.2, 0.25) is 0 Å². The van der Waals surface area contributed by atoms with Crippen LogP contribution in [0.1, 0.15) is 38.2 Å². The van der Waals surface area contributed by atoms with Crippen molar-refractivity contribution in [3.63, 3.8) is 0 Å². The Morgan fingerprint density at radius 3 is 2.57 bits per heavy atom. The number of methoxy groups -OCH3 is 2. The van der Waals surface area contributed by atoms with Crippen molar-refractivity contribution in [2.45, 2.75) is 39.0 Å². The molecule has 3 N–H and O–H groups in total. The van der Waals surface area contributed by atoms with Gasteiger partial charge in [-0.2, -0.15) is 0 Å². The maximum absolute atomic E-state index is 5.97. The van der Waals surface area contributed by atoms with Crippen LogP contribution in [0.15, 0.2) is 23.2 Å². The van der Waals surface area contributed by atoms with E-state index in [0.717, 1.165) is 31.0 Å². The largest absolute Gasteiger partial charge is 0.493 e. The first-order valence-electron chi connectivity index (χ1n) is 8.31. The predicted molar refractivity (Wildman–Crippen MR) is 94.3 cm³/mol. The molecule has 23 heavy (non-hydrogen) atoms. The molecule has 0 unspecified atom stereocenters. The normalized spacial score (nSPS) is 17.1. The van der Waals surface area contributed by atoms with Crippen molar-refractivity contribution in [3.05, 3.63) is 23.8 Å². The summed E-state index contributed by atoms with van der Waals surface area (Å²) in [6, 6.07) is 5.95. The molecule has 1 saturated carbocycles. The molecule has 1 aromatic carbocycles. The lowest BCUT2D eigenvalue weighted by Gasteiger charge is -2.20. The average molecular weight is 319 g/mol. The Bertz CT molecular complexity index is 537. The maximum Gasteiger partial charge on any atom is 0.188 e. The van der Waals surface area contributed by atoms with E-state index in [0.29, 0.717) is 11.4 Å². The van der Waals surface area contributed by atoms with Gasteiger partial charge in [0.2, 0.25) is 0 Å². The summed E-state index contributed by atoms with van der Waals surface area (Å²) >= 11 is 0. The summed E-state index contributed by atoms with van der Waals surface area (Å²) < 4.78 is 10.6. The first-order chi connectivity index (χ1) is 11.1. The molecule has 0 spiro atoms. The number of ether oxygens (including phenoxy) is 2. The first-order valence-corrected chi connectivity index (χ1v) is 8.31. The Morgan fingerprint density at radius 1 is 1.22 bits per heavy atom. The second-order valence-electron chi connectivity index (χ2n) is 6.59. The van der Waals surface area contributed by atoms with Crippen molar-refractivity contribution >= 4 is 5.96 Å². The van der Waals surface area contributed by atoms with E-state index in [2.05, 4.69) is 17.2 Å². The summed E-state index contributed by atoms with van der Waals surface area (Å²) in [4.78, 5) is 4.51. The van der Waals surface area contributed by atoms with Crippen molar-refractivity contribution in [1.82, 2.24) is 5.32 Å². The second-order valence-corrected chi connectivity index (χ2v) is 6.59. The monoisotopic (exact) mass is 319 g/mol. The topological polar surface area (TPSA) is 68.9 Å². The summed E-state index contributed by atoms with van der Waals surface area (Å²) in [6.07, 6.45) is 6.01. The smallest absolute Gasteiger partial charge is 0.188 e. The molecule has 0 aliphatic heterocycles. The van der Waals surface area contributed by atoms with Crippen LogP contribution in [-0.2, 0) is 6.42 Å². The lowest BCUT2D eigenvalue weighted by Crippen LogP contribution is -2.34. The number of nitrogens with one attached hydrogen (secondary N) is 1. The number of guanidine groups is 1. The van der Waals surface area contributed by atoms with Crippen molar-refractivity contribution in [1.29, 1.82) is 0 Å². The quantitative estimate of drug-likeness (QED) is 0.599. The standard InChI is InChI=1S/C18H29N3O2/c1-18(9-4-5-10-18)13-21-17(19)20-11-8-14-6-7-15(22-2)16(12-14)23-3/h6-7,12H,4-5,8-11,13H2,1-3H3,(H3,19,20,21). The molecule has 0 bridgehead atoms. The highest BCUT2D eigenvalue weighted by molar-refractivity contribution is 5.77. The van der Waals surface area contributed by atoms with Gasteiger partial charge in [0.15, 0.2) is 17.5 Å². The summed E-state index contributed by atoms with van der Waals surface area (Å²) in [5.74, 6) is 2.04. The SMILES string of the molecule is COc1ccc(CCNC(N)=NCC2(C)CCCC2)cc1OC. The molecule has 1 fully saturated rings. The van der Waals surface area contributed by atoms with E-state index in [1.54, 1.807) is 14.2 Å².